The summed E-state index contributed by atoms with van der Waals surface area (Å²) in [6.45, 7) is 2.21. The first kappa shape index (κ1) is 12.5. The molecule has 1 nitrogen and oxygen atoms in total. The highest BCUT2D eigenvalue weighted by molar-refractivity contribution is 5.18. The van der Waals surface area contributed by atoms with Gasteiger partial charge in [0.05, 0.1) is 0 Å². The Morgan fingerprint density at radius 3 is 2.47 bits per heavy atom. The van der Waals surface area contributed by atoms with Crippen LogP contribution in [-0.4, -0.2) is 6.04 Å². The maximum absolute atomic E-state index is 13.1. The summed E-state index contributed by atoms with van der Waals surface area (Å²) in [5, 5.41) is 0. The zero-order valence-electron chi connectivity index (χ0n) is 10.1. The van der Waals surface area contributed by atoms with Gasteiger partial charge in [-0.25, -0.2) is 8.78 Å². The molecule has 0 aliphatic heterocycles. The van der Waals surface area contributed by atoms with Gasteiger partial charge in [-0.15, -0.1) is 0 Å². The Bertz CT molecular complexity index is 372. The van der Waals surface area contributed by atoms with Crippen LogP contribution in [0.25, 0.3) is 0 Å². The van der Waals surface area contributed by atoms with Crippen molar-refractivity contribution in [3.8, 4) is 0 Å². The van der Waals surface area contributed by atoms with Crippen molar-refractivity contribution in [1.82, 2.24) is 0 Å². The molecule has 2 rings (SSSR count). The van der Waals surface area contributed by atoms with E-state index < -0.39 is 11.6 Å². The molecule has 1 aliphatic carbocycles. The summed E-state index contributed by atoms with van der Waals surface area (Å²) >= 11 is 0. The zero-order valence-corrected chi connectivity index (χ0v) is 10.1. The number of nitrogens with two attached hydrogens (primary N) is 1. The average Bonchev–Trinajstić information content (AvgIpc) is 2.22. The third-order valence-electron chi connectivity index (χ3n) is 3.72. The molecule has 0 bridgehead atoms. The molecule has 17 heavy (non-hydrogen) atoms. The average molecular weight is 239 g/mol. The highest BCUT2D eigenvalue weighted by Crippen LogP contribution is 2.30. The van der Waals surface area contributed by atoms with Crippen LogP contribution < -0.4 is 5.73 Å². The third-order valence-corrected chi connectivity index (χ3v) is 3.72. The smallest absolute Gasteiger partial charge is 0.126 e. The van der Waals surface area contributed by atoms with Gasteiger partial charge >= 0.3 is 0 Å². The number of hydrogen-bond donors (Lipinski definition) is 1. The number of benzene rings is 1. The number of halogens is 2. The first-order valence-corrected chi connectivity index (χ1v) is 6.25. The second-order valence-corrected chi connectivity index (χ2v) is 5.32. The fraction of sp³-hybridized carbons (Fsp3) is 0.571. The van der Waals surface area contributed by atoms with Crippen molar-refractivity contribution in [1.29, 1.82) is 0 Å². The fourth-order valence-corrected chi connectivity index (χ4v) is 2.79. The summed E-state index contributed by atoms with van der Waals surface area (Å²) in [4.78, 5) is 0. The van der Waals surface area contributed by atoms with E-state index in [4.69, 9.17) is 5.73 Å². The van der Waals surface area contributed by atoms with Crippen LogP contribution in [0.15, 0.2) is 18.2 Å². The summed E-state index contributed by atoms with van der Waals surface area (Å²) < 4.78 is 26.2. The van der Waals surface area contributed by atoms with E-state index in [1.165, 1.54) is 12.1 Å². The van der Waals surface area contributed by atoms with Gasteiger partial charge in [-0.2, -0.15) is 0 Å². The van der Waals surface area contributed by atoms with E-state index in [2.05, 4.69) is 6.92 Å². The van der Waals surface area contributed by atoms with Gasteiger partial charge in [0, 0.05) is 12.1 Å². The molecule has 0 aromatic heterocycles. The van der Waals surface area contributed by atoms with E-state index in [1.54, 1.807) is 0 Å². The normalized spacial score (nSPS) is 29.3. The Kier molecular flexibility index (Phi) is 3.77. The van der Waals surface area contributed by atoms with Gasteiger partial charge in [-0.1, -0.05) is 6.92 Å². The Labute approximate surface area is 101 Å². The molecule has 1 fully saturated rings. The minimum atomic E-state index is -0.502. The van der Waals surface area contributed by atoms with Crippen molar-refractivity contribution in [3.63, 3.8) is 0 Å². The highest BCUT2D eigenvalue weighted by atomic mass is 19.1. The quantitative estimate of drug-likeness (QED) is 0.842. The minimum absolute atomic E-state index is 0.164. The molecule has 3 heteroatoms. The van der Waals surface area contributed by atoms with Crippen LogP contribution in [0.4, 0.5) is 8.78 Å². The van der Waals surface area contributed by atoms with Crippen molar-refractivity contribution in [2.45, 2.75) is 38.6 Å². The van der Waals surface area contributed by atoms with E-state index in [9.17, 15) is 8.78 Å². The fourth-order valence-electron chi connectivity index (χ4n) is 2.79. The molecule has 3 atom stereocenters. The standard InChI is InChI=1S/C14H19F2N/c1-9-2-3-14(17)11(4-9)5-10-6-12(15)8-13(16)7-10/h6-9,11,14H,2-5,17H2,1H3. The molecule has 1 aliphatic rings. The van der Waals surface area contributed by atoms with Gasteiger partial charge < -0.3 is 5.73 Å². The Balaban J connectivity index is 2.08. The molecule has 0 heterocycles. The lowest BCUT2D eigenvalue weighted by molar-refractivity contribution is 0.244. The van der Waals surface area contributed by atoms with Gasteiger partial charge in [-0.05, 0) is 55.2 Å². The minimum Gasteiger partial charge on any atom is -0.327 e. The second-order valence-electron chi connectivity index (χ2n) is 5.32. The number of hydrogen-bond acceptors (Lipinski definition) is 1. The van der Waals surface area contributed by atoms with E-state index in [-0.39, 0.29) is 6.04 Å². The van der Waals surface area contributed by atoms with Crippen LogP contribution in [0.1, 0.15) is 31.7 Å². The van der Waals surface area contributed by atoms with Crippen molar-refractivity contribution in [2.24, 2.45) is 17.6 Å². The second kappa shape index (κ2) is 5.13. The molecule has 0 saturated heterocycles. The molecule has 94 valence electrons. The summed E-state index contributed by atoms with van der Waals surface area (Å²) in [6.07, 6.45) is 3.91. The first-order valence-electron chi connectivity index (χ1n) is 6.25. The summed E-state index contributed by atoms with van der Waals surface area (Å²) in [5.74, 6) is 0.00742. The van der Waals surface area contributed by atoms with Gasteiger partial charge in [0.15, 0.2) is 0 Å². The van der Waals surface area contributed by atoms with E-state index in [1.807, 2.05) is 0 Å². The SMILES string of the molecule is CC1CCC(N)C(Cc2cc(F)cc(F)c2)C1. The molecule has 0 radical (unpaired) electrons. The third kappa shape index (κ3) is 3.25. The van der Waals surface area contributed by atoms with Crippen LogP contribution >= 0.6 is 0 Å². The van der Waals surface area contributed by atoms with Crippen LogP contribution in [0, 0.1) is 23.5 Å². The molecule has 1 aromatic rings. The topological polar surface area (TPSA) is 26.0 Å². The van der Waals surface area contributed by atoms with Crippen molar-refractivity contribution in [2.75, 3.05) is 0 Å². The molecular weight excluding hydrogens is 220 g/mol. The van der Waals surface area contributed by atoms with Gasteiger partial charge in [0.2, 0.25) is 0 Å². The largest absolute Gasteiger partial charge is 0.327 e. The van der Waals surface area contributed by atoms with E-state index in [0.29, 0.717) is 18.3 Å². The van der Waals surface area contributed by atoms with Gasteiger partial charge in [0.1, 0.15) is 11.6 Å². The monoisotopic (exact) mass is 239 g/mol. The van der Waals surface area contributed by atoms with Crippen molar-refractivity contribution < 1.29 is 8.78 Å². The molecule has 2 N–H and O–H groups in total. The predicted octanol–water partition coefficient (Wildman–Crippen LogP) is 3.27. The number of rotatable bonds is 2. The van der Waals surface area contributed by atoms with Crippen molar-refractivity contribution >= 4 is 0 Å². The van der Waals surface area contributed by atoms with Crippen LogP contribution in [0.3, 0.4) is 0 Å². The van der Waals surface area contributed by atoms with Crippen LogP contribution in [0.5, 0.6) is 0 Å². The van der Waals surface area contributed by atoms with Gasteiger partial charge in [0.25, 0.3) is 0 Å². The maximum Gasteiger partial charge on any atom is 0.126 e. The lowest BCUT2D eigenvalue weighted by Crippen LogP contribution is -2.36. The van der Waals surface area contributed by atoms with Crippen LogP contribution in [0.2, 0.25) is 0 Å². The summed E-state index contributed by atoms with van der Waals surface area (Å²) in [7, 11) is 0. The van der Waals surface area contributed by atoms with E-state index >= 15 is 0 Å². The molecule has 0 spiro atoms. The van der Waals surface area contributed by atoms with Crippen LogP contribution in [-0.2, 0) is 6.42 Å². The molecule has 1 saturated carbocycles. The highest BCUT2D eigenvalue weighted by Gasteiger charge is 2.26. The Morgan fingerprint density at radius 2 is 1.82 bits per heavy atom. The lowest BCUT2D eigenvalue weighted by Gasteiger charge is -2.32. The Hall–Kier alpha value is -0.960. The molecule has 0 amide bonds. The predicted molar refractivity (Wildman–Crippen MR) is 64.5 cm³/mol. The Morgan fingerprint density at radius 1 is 1.18 bits per heavy atom. The van der Waals surface area contributed by atoms with Gasteiger partial charge in [-0.3, -0.25) is 0 Å². The van der Waals surface area contributed by atoms with Crippen molar-refractivity contribution in [3.05, 3.63) is 35.4 Å². The lowest BCUT2D eigenvalue weighted by atomic mass is 9.76. The molecule has 1 aromatic carbocycles. The summed E-state index contributed by atoms with van der Waals surface area (Å²) in [6, 6.07) is 3.90. The van der Waals surface area contributed by atoms with E-state index in [0.717, 1.165) is 30.9 Å². The summed E-state index contributed by atoms with van der Waals surface area (Å²) in [5.41, 5.74) is 6.80. The zero-order chi connectivity index (χ0) is 12.4. The maximum atomic E-state index is 13.1. The molecular formula is C14H19F2N. The first-order chi connectivity index (χ1) is 8.04. The molecule has 3 unspecified atom stereocenters.